The minimum absolute atomic E-state index is 0.239. The summed E-state index contributed by atoms with van der Waals surface area (Å²) in [7, 11) is 3.25. The summed E-state index contributed by atoms with van der Waals surface area (Å²) in [6.45, 7) is 2.26. The van der Waals surface area contributed by atoms with Gasteiger partial charge in [-0.1, -0.05) is 70.4 Å². The van der Waals surface area contributed by atoms with Crippen molar-refractivity contribution in [2.24, 2.45) is 0 Å². The van der Waals surface area contributed by atoms with E-state index in [-0.39, 0.29) is 5.75 Å². The zero-order chi connectivity index (χ0) is 20.5. The van der Waals surface area contributed by atoms with Gasteiger partial charge in [-0.05, 0) is 44.6 Å². The zero-order valence-electron chi connectivity index (χ0n) is 18.5. The van der Waals surface area contributed by atoms with Crippen molar-refractivity contribution in [3.8, 4) is 17.2 Å². The number of allylic oxidation sites excluding steroid dienone is 2. The maximum Gasteiger partial charge on any atom is 0.164 e. The predicted molar refractivity (Wildman–Crippen MR) is 120 cm³/mol. The summed E-state index contributed by atoms with van der Waals surface area (Å²) >= 11 is 0. The van der Waals surface area contributed by atoms with Crippen LogP contribution in [0, 0.1) is 0 Å². The van der Waals surface area contributed by atoms with Gasteiger partial charge in [0.2, 0.25) is 0 Å². The van der Waals surface area contributed by atoms with Gasteiger partial charge < -0.3 is 14.6 Å². The molecule has 0 saturated carbocycles. The summed E-state index contributed by atoms with van der Waals surface area (Å²) in [4.78, 5) is 0. The molecule has 0 amide bonds. The second-order valence-corrected chi connectivity index (χ2v) is 7.67. The molecular formula is C25H42O3. The van der Waals surface area contributed by atoms with Crippen LogP contribution in [0.2, 0.25) is 0 Å². The zero-order valence-corrected chi connectivity index (χ0v) is 18.5. The number of methoxy groups -OCH3 is 2. The van der Waals surface area contributed by atoms with Crippen LogP contribution in [0.4, 0.5) is 0 Å². The van der Waals surface area contributed by atoms with Gasteiger partial charge in [0.25, 0.3) is 0 Å². The Bertz CT molecular complexity index is 537. The number of aromatic hydroxyl groups is 1. The second-order valence-electron chi connectivity index (χ2n) is 7.67. The third-order valence-corrected chi connectivity index (χ3v) is 5.25. The molecule has 0 fully saturated rings. The average molecular weight is 391 g/mol. The fourth-order valence-electron chi connectivity index (χ4n) is 3.60. The van der Waals surface area contributed by atoms with E-state index in [1.807, 2.05) is 0 Å². The van der Waals surface area contributed by atoms with Crippen LogP contribution < -0.4 is 9.47 Å². The monoisotopic (exact) mass is 390 g/mol. The van der Waals surface area contributed by atoms with Gasteiger partial charge in [-0.2, -0.15) is 0 Å². The van der Waals surface area contributed by atoms with E-state index < -0.39 is 0 Å². The lowest BCUT2D eigenvalue weighted by Crippen LogP contribution is -1.96. The molecule has 1 N–H and O–H groups in total. The summed E-state index contributed by atoms with van der Waals surface area (Å²) < 4.78 is 10.8. The fraction of sp³-hybridized carbons (Fsp3) is 0.680. The molecule has 1 rings (SSSR count). The molecule has 1 aromatic carbocycles. The molecule has 1 aromatic rings. The highest BCUT2D eigenvalue weighted by Crippen LogP contribution is 2.36. The third-order valence-electron chi connectivity index (χ3n) is 5.25. The second kappa shape index (κ2) is 16.3. The molecule has 0 heterocycles. The first-order valence-electron chi connectivity index (χ1n) is 11.3. The molecule has 0 radical (unpaired) electrons. The molecule has 0 unspecified atom stereocenters. The Hall–Kier alpha value is -1.64. The van der Waals surface area contributed by atoms with Gasteiger partial charge in [0, 0.05) is 11.6 Å². The van der Waals surface area contributed by atoms with Crippen LogP contribution in [0.3, 0.4) is 0 Å². The van der Waals surface area contributed by atoms with Crippen molar-refractivity contribution < 1.29 is 14.6 Å². The van der Waals surface area contributed by atoms with Crippen LogP contribution in [-0.2, 0) is 6.42 Å². The highest BCUT2D eigenvalue weighted by atomic mass is 16.5. The van der Waals surface area contributed by atoms with Crippen LogP contribution in [0.25, 0.3) is 0 Å². The fourth-order valence-corrected chi connectivity index (χ4v) is 3.60. The van der Waals surface area contributed by atoms with E-state index in [2.05, 4.69) is 19.1 Å². The third kappa shape index (κ3) is 10.6. The molecule has 3 nitrogen and oxygen atoms in total. The molecule has 0 spiro atoms. The largest absolute Gasteiger partial charge is 0.508 e. The minimum atomic E-state index is 0.239. The first-order chi connectivity index (χ1) is 13.7. The maximum absolute atomic E-state index is 9.83. The number of hydrogen-bond acceptors (Lipinski definition) is 3. The van der Waals surface area contributed by atoms with Crippen molar-refractivity contribution >= 4 is 0 Å². The Morgan fingerprint density at radius 2 is 1.32 bits per heavy atom. The van der Waals surface area contributed by atoms with Gasteiger partial charge >= 0.3 is 0 Å². The van der Waals surface area contributed by atoms with Crippen LogP contribution in [0.5, 0.6) is 17.2 Å². The summed E-state index contributed by atoms with van der Waals surface area (Å²) in [6, 6.07) is 3.39. The lowest BCUT2D eigenvalue weighted by atomic mass is 10.0. The van der Waals surface area contributed by atoms with Gasteiger partial charge in [-0.25, -0.2) is 0 Å². The quantitative estimate of drug-likeness (QED) is 0.220. The average Bonchev–Trinajstić information content (AvgIpc) is 2.70. The standard InChI is InChI=1S/C25H42O3/c1-4-5-6-7-8-9-10-11-12-13-14-15-16-17-18-19-22-20-23(26)21-24(27-2)25(22)28-3/h9-10,20-21,26H,4-8,11-19H2,1-3H3/b10-9-. The summed E-state index contributed by atoms with van der Waals surface area (Å²) in [5, 5.41) is 9.83. The Balaban J connectivity index is 2.04. The van der Waals surface area contributed by atoms with Crippen molar-refractivity contribution in [3.05, 3.63) is 29.8 Å². The number of phenolic OH excluding ortho intramolecular Hbond substituents is 1. The lowest BCUT2D eigenvalue weighted by molar-refractivity contribution is 0.347. The summed E-state index contributed by atoms with van der Waals surface area (Å²) in [5.74, 6) is 1.59. The number of rotatable bonds is 17. The van der Waals surface area contributed by atoms with Crippen molar-refractivity contribution in [2.75, 3.05) is 14.2 Å². The first kappa shape index (κ1) is 24.4. The highest BCUT2D eigenvalue weighted by molar-refractivity contribution is 5.51. The van der Waals surface area contributed by atoms with Crippen LogP contribution >= 0.6 is 0 Å². The van der Waals surface area contributed by atoms with E-state index in [1.165, 1.54) is 77.0 Å². The predicted octanol–water partition coefficient (Wildman–Crippen LogP) is 7.60. The molecule has 0 bridgehead atoms. The number of unbranched alkanes of at least 4 members (excludes halogenated alkanes) is 11. The number of hydrogen-bond donors (Lipinski definition) is 1. The van der Waals surface area contributed by atoms with Crippen molar-refractivity contribution in [1.82, 2.24) is 0 Å². The molecule has 3 heteroatoms. The van der Waals surface area contributed by atoms with Crippen molar-refractivity contribution in [3.63, 3.8) is 0 Å². The van der Waals surface area contributed by atoms with E-state index in [4.69, 9.17) is 9.47 Å². The number of phenols is 1. The molecule has 28 heavy (non-hydrogen) atoms. The smallest absolute Gasteiger partial charge is 0.164 e. The molecule has 0 atom stereocenters. The molecule has 0 aliphatic heterocycles. The van der Waals surface area contributed by atoms with Crippen LogP contribution in [0.1, 0.15) is 96.0 Å². The number of ether oxygens (including phenoxy) is 2. The van der Waals surface area contributed by atoms with Crippen LogP contribution in [-0.4, -0.2) is 19.3 Å². The Morgan fingerprint density at radius 3 is 1.89 bits per heavy atom. The summed E-state index contributed by atoms with van der Waals surface area (Å²) in [6.07, 6.45) is 22.6. The van der Waals surface area contributed by atoms with Crippen molar-refractivity contribution in [2.45, 2.75) is 96.8 Å². The summed E-state index contributed by atoms with van der Waals surface area (Å²) in [5.41, 5.74) is 1.03. The minimum Gasteiger partial charge on any atom is -0.508 e. The number of benzene rings is 1. The van der Waals surface area contributed by atoms with E-state index in [0.717, 1.165) is 24.2 Å². The van der Waals surface area contributed by atoms with Gasteiger partial charge in [-0.3, -0.25) is 0 Å². The van der Waals surface area contributed by atoms with Gasteiger partial charge in [0.15, 0.2) is 11.5 Å². The first-order valence-corrected chi connectivity index (χ1v) is 11.3. The maximum atomic E-state index is 9.83. The van der Waals surface area contributed by atoms with Gasteiger partial charge in [0.05, 0.1) is 14.2 Å². The van der Waals surface area contributed by atoms with E-state index in [9.17, 15) is 5.11 Å². The van der Waals surface area contributed by atoms with E-state index in [1.54, 1.807) is 26.4 Å². The lowest BCUT2D eigenvalue weighted by Gasteiger charge is -2.13. The molecule has 0 saturated heterocycles. The molecule has 0 aromatic heterocycles. The Morgan fingerprint density at radius 1 is 0.750 bits per heavy atom. The molecular weight excluding hydrogens is 348 g/mol. The Kier molecular flexibility index (Phi) is 14.2. The SMILES string of the molecule is CCCCCC/C=C\CCCCCCCCCc1cc(O)cc(OC)c1OC. The van der Waals surface area contributed by atoms with Crippen molar-refractivity contribution in [1.29, 1.82) is 0 Å². The molecule has 0 aliphatic rings. The normalized spacial score (nSPS) is 11.2. The molecule has 0 aliphatic carbocycles. The molecule has 160 valence electrons. The van der Waals surface area contributed by atoms with Crippen LogP contribution in [0.15, 0.2) is 24.3 Å². The highest BCUT2D eigenvalue weighted by Gasteiger charge is 2.11. The van der Waals surface area contributed by atoms with E-state index in [0.29, 0.717) is 5.75 Å². The van der Waals surface area contributed by atoms with Gasteiger partial charge in [0.1, 0.15) is 5.75 Å². The number of aryl methyl sites for hydroxylation is 1. The van der Waals surface area contributed by atoms with Gasteiger partial charge in [-0.15, -0.1) is 0 Å². The van der Waals surface area contributed by atoms with E-state index >= 15 is 0 Å². The Labute approximate surface area is 173 Å². The topological polar surface area (TPSA) is 38.7 Å².